The van der Waals surface area contributed by atoms with E-state index in [9.17, 15) is 4.79 Å². The van der Waals surface area contributed by atoms with E-state index in [1.165, 1.54) is 38.5 Å². The van der Waals surface area contributed by atoms with Gasteiger partial charge in [-0.05, 0) is 63.9 Å². The summed E-state index contributed by atoms with van der Waals surface area (Å²) in [6.07, 6.45) is 11.4. The fourth-order valence-electron chi connectivity index (χ4n) is 5.65. The summed E-state index contributed by atoms with van der Waals surface area (Å²) in [6, 6.07) is 7.35. The van der Waals surface area contributed by atoms with Gasteiger partial charge in [-0.25, -0.2) is 0 Å². The first-order chi connectivity index (χ1) is 14.6. The average molecular weight is 411 g/mol. The highest BCUT2D eigenvalue weighted by atomic mass is 16.5. The third-order valence-electron chi connectivity index (χ3n) is 7.38. The molecular formula is C25H34N2O3. The number of ether oxygens (including phenoxy) is 2. The SMILES string of the molecule is COc1cccc2c(C(C)=O)cn(CCCN3C4CCC3CC(OCC3CC3)C4)c12. The van der Waals surface area contributed by atoms with Crippen LogP contribution in [0.1, 0.15) is 62.2 Å². The molecule has 1 aliphatic carbocycles. The Morgan fingerprint density at radius 1 is 1.10 bits per heavy atom. The van der Waals surface area contributed by atoms with Crippen molar-refractivity contribution in [3.05, 3.63) is 30.0 Å². The first kappa shape index (κ1) is 20.1. The van der Waals surface area contributed by atoms with Crippen LogP contribution in [0, 0.1) is 5.92 Å². The van der Waals surface area contributed by atoms with Crippen molar-refractivity contribution in [2.45, 2.75) is 76.6 Å². The van der Waals surface area contributed by atoms with Crippen molar-refractivity contribution >= 4 is 16.7 Å². The lowest BCUT2D eigenvalue weighted by molar-refractivity contribution is -0.0241. The predicted octanol–water partition coefficient (Wildman–Crippen LogP) is 4.66. The topological polar surface area (TPSA) is 43.7 Å². The lowest BCUT2D eigenvalue weighted by Gasteiger charge is -2.39. The second-order valence-corrected chi connectivity index (χ2v) is 9.50. The third-order valence-corrected chi connectivity index (χ3v) is 7.38. The number of hydrogen-bond acceptors (Lipinski definition) is 4. The van der Waals surface area contributed by atoms with Gasteiger partial charge in [0.15, 0.2) is 5.78 Å². The summed E-state index contributed by atoms with van der Waals surface area (Å²) < 4.78 is 14.1. The van der Waals surface area contributed by atoms with Crippen molar-refractivity contribution in [2.75, 3.05) is 20.3 Å². The van der Waals surface area contributed by atoms with E-state index in [0.29, 0.717) is 18.2 Å². The van der Waals surface area contributed by atoms with E-state index in [2.05, 4.69) is 9.47 Å². The van der Waals surface area contributed by atoms with Gasteiger partial charge in [-0.1, -0.05) is 12.1 Å². The van der Waals surface area contributed by atoms with Gasteiger partial charge in [0, 0.05) is 48.9 Å². The first-order valence-corrected chi connectivity index (χ1v) is 11.7. The maximum Gasteiger partial charge on any atom is 0.161 e. The molecule has 1 aromatic carbocycles. The van der Waals surface area contributed by atoms with Gasteiger partial charge in [0.2, 0.25) is 0 Å². The summed E-state index contributed by atoms with van der Waals surface area (Å²) in [5.74, 6) is 1.81. The van der Waals surface area contributed by atoms with Gasteiger partial charge in [0.25, 0.3) is 0 Å². The van der Waals surface area contributed by atoms with Gasteiger partial charge in [0.05, 0.1) is 18.7 Å². The van der Waals surface area contributed by atoms with Crippen molar-refractivity contribution in [1.29, 1.82) is 0 Å². The van der Waals surface area contributed by atoms with E-state index < -0.39 is 0 Å². The van der Waals surface area contributed by atoms with E-state index in [1.807, 2.05) is 24.4 Å². The molecular weight excluding hydrogens is 376 g/mol. The minimum absolute atomic E-state index is 0.110. The Balaban J connectivity index is 1.23. The van der Waals surface area contributed by atoms with Crippen LogP contribution >= 0.6 is 0 Å². The number of piperidine rings is 1. The average Bonchev–Trinajstić information content (AvgIpc) is 3.45. The summed E-state index contributed by atoms with van der Waals surface area (Å²) in [7, 11) is 1.70. The molecule has 2 bridgehead atoms. The number of hydrogen-bond donors (Lipinski definition) is 0. The number of benzene rings is 1. The van der Waals surface area contributed by atoms with E-state index >= 15 is 0 Å². The van der Waals surface area contributed by atoms with Crippen molar-refractivity contribution in [3.8, 4) is 5.75 Å². The molecule has 2 aromatic rings. The van der Waals surface area contributed by atoms with Crippen LogP contribution in [0.5, 0.6) is 5.75 Å². The molecule has 2 saturated heterocycles. The van der Waals surface area contributed by atoms with E-state index in [-0.39, 0.29) is 5.78 Å². The Labute approximate surface area is 179 Å². The summed E-state index contributed by atoms with van der Waals surface area (Å²) in [5, 5.41) is 0.996. The smallest absolute Gasteiger partial charge is 0.161 e. The largest absolute Gasteiger partial charge is 0.495 e. The first-order valence-electron chi connectivity index (χ1n) is 11.7. The molecule has 3 aliphatic rings. The summed E-state index contributed by atoms with van der Waals surface area (Å²) in [6.45, 7) is 4.66. The Bertz CT molecular complexity index is 902. The van der Waals surface area contributed by atoms with Crippen LogP contribution in [-0.4, -0.2) is 53.7 Å². The van der Waals surface area contributed by atoms with E-state index in [1.54, 1.807) is 14.0 Å². The highest BCUT2D eigenvalue weighted by Gasteiger charge is 2.41. The molecule has 30 heavy (non-hydrogen) atoms. The Kier molecular flexibility index (Phi) is 5.59. The molecule has 2 unspecified atom stereocenters. The number of ketones is 1. The van der Waals surface area contributed by atoms with Crippen molar-refractivity contribution in [3.63, 3.8) is 0 Å². The van der Waals surface area contributed by atoms with Gasteiger partial charge < -0.3 is 14.0 Å². The Hall–Kier alpha value is -1.85. The number of aromatic nitrogens is 1. The number of para-hydroxylation sites is 1. The van der Waals surface area contributed by atoms with Crippen LogP contribution in [-0.2, 0) is 11.3 Å². The highest BCUT2D eigenvalue weighted by Crippen LogP contribution is 2.38. The van der Waals surface area contributed by atoms with Crippen LogP contribution < -0.4 is 4.74 Å². The van der Waals surface area contributed by atoms with Gasteiger partial charge in [0.1, 0.15) is 5.75 Å². The van der Waals surface area contributed by atoms with E-state index in [0.717, 1.165) is 54.3 Å². The molecule has 5 heteroatoms. The molecule has 5 rings (SSSR count). The zero-order valence-electron chi connectivity index (χ0n) is 18.3. The standard InChI is InChI=1S/C25H34N2O3/c1-17(28)23-15-26(25-22(23)5-3-6-24(25)29-2)11-4-12-27-19-9-10-20(27)14-21(13-19)30-16-18-7-8-18/h3,5-6,15,18-21H,4,7-14,16H2,1-2H3. The highest BCUT2D eigenvalue weighted by molar-refractivity contribution is 6.08. The minimum atomic E-state index is 0.110. The number of aryl methyl sites for hydroxylation is 1. The van der Waals surface area contributed by atoms with Crippen LogP contribution in [0.15, 0.2) is 24.4 Å². The summed E-state index contributed by atoms with van der Waals surface area (Å²) >= 11 is 0. The molecule has 3 fully saturated rings. The lowest BCUT2D eigenvalue weighted by Crippen LogP contribution is -2.46. The fraction of sp³-hybridized carbons (Fsp3) is 0.640. The number of methoxy groups -OCH3 is 1. The Morgan fingerprint density at radius 3 is 2.53 bits per heavy atom. The molecule has 0 amide bonds. The number of carbonyl (C=O) groups is 1. The van der Waals surface area contributed by atoms with Crippen LogP contribution in [0.3, 0.4) is 0 Å². The maximum absolute atomic E-state index is 12.1. The molecule has 0 spiro atoms. The maximum atomic E-state index is 12.1. The Morgan fingerprint density at radius 2 is 1.87 bits per heavy atom. The molecule has 5 nitrogen and oxygen atoms in total. The van der Waals surface area contributed by atoms with Crippen molar-refractivity contribution in [1.82, 2.24) is 9.47 Å². The van der Waals surface area contributed by atoms with Gasteiger partial charge in [-0.2, -0.15) is 0 Å². The van der Waals surface area contributed by atoms with Crippen molar-refractivity contribution < 1.29 is 14.3 Å². The normalized spacial score (nSPS) is 26.4. The molecule has 162 valence electrons. The van der Waals surface area contributed by atoms with Crippen molar-refractivity contribution in [2.24, 2.45) is 5.92 Å². The fourth-order valence-corrected chi connectivity index (χ4v) is 5.65. The predicted molar refractivity (Wildman–Crippen MR) is 118 cm³/mol. The van der Waals surface area contributed by atoms with Crippen LogP contribution in [0.25, 0.3) is 10.9 Å². The molecule has 3 heterocycles. The third kappa shape index (κ3) is 3.90. The molecule has 2 atom stereocenters. The molecule has 2 aliphatic heterocycles. The molecule has 1 saturated carbocycles. The quantitative estimate of drug-likeness (QED) is 0.564. The number of nitrogens with zero attached hydrogens (tertiary/aromatic N) is 2. The summed E-state index contributed by atoms with van der Waals surface area (Å²) in [4.78, 5) is 14.9. The number of rotatable bonds is 9. The van der Waals surface area contributed by atoms with Gasteiger partial charge in [-0.15, -0.1) is 0 Å². The number of fused-ring (bicyclic) bond motifs is 3. The number of Topliss-reactive ketones (excluding diaryl/α,β-unsaturated/α-hetero) is 1. The minimum Gasteiger partial charge on any atom is -0.495 e. The zero-order chi connectivity index (χ0) is 20.7. The zero-order valence-corrected chi connectivity index (χ0v) is 18.3. The second kappa shape index (κ2) is 8.35. The number of carbonyl (C=O) groups excluding carboxylic acids is 1. The van der Waals surface area contributed by atoms with Crippen LogP contribution in [0.4, 0.5) is 0 Å². The molecule has 0 N–H and O–H groups in total. The molecule has 1 aromatic heterocycles. The monoisotopic (exact) mass is 410 g/mol. The van der Waals surface area contributed by atoms with Gasteiger partial charge >= 0.3 is 0 Å². The van der Waals surface area contributed by atoms with Crippen LogP contribution in [0.2, 0.25) is 0 Å². The summed E-state index contributed by atoms with van der Waals surface area (Å²) in [5.41, 5.74) is 1.83. The van der Waals surface area contributed by atoms with Gasteiger partial charge in [-0.3, -0.25) is 9.69 Å². The second-order valence-electron chi connectivity index (χ2n) is 9.50. The molecule has 0 radical (unpaired) electrons. The lowest BCUT2D eigenvalue weighted by atomic mass is 9.99. The van der Waals surface area contributed by atoms with E-state index in [4.69, 9.17) is 9.47 Å².